The predicted molar refractivity (Wildman–Crippen MR) is 491 cm³/mol. The van der Waals surface area contributed by atoms with Crippen LogP contribution >= 0.6 is 0 Å². The third-order valence-corrected chi connectivity index (χ3v) is 23.2. The molecule has 0 bridgehead atoms. The van der Waals surface area contributed by atoms with E-state index in [1.807, 2.05) is 231 Å². The summed E-state index contributed by atoms with van der Waals surface area (Å²) >= 11 is 0. The zero-order valence-corrected chi connectivity index (χ0v) is 67.0. The van der Waals surface area contributed by atoms with Crippen molar-refractivity contribution in [2.75, 3.05) is 4.90 Å². The molecule has 6 heterocycles. The second-order valence-electron chi connectivity index (χ2n) is 31.0. The van der Waals surface area contributed by atoms with Crippen LogP contribution in [0.25, 0.3) is 174 Å². The molecule has 125 heavy (non-hydrogen) atoms. The molecule has 0 unspecified atom stereocenters. The van der Waals surface area contributed by atoms with E-state index in [1.54, 1.807) is 4.57 Å². The SMILES string of the molecule is Cc1cc(N2C(c3ccccc3)=NC(c3cc(-c4cc(-c5ccccc5)nc(-c5ccccc5)n4)ccc3-n3c4ccc(C(F)(F)F)cc4c4cc(C(F)(F)F)ccc43)=CC2=C2C=CC=CC2)ccc1-c1ccc2c3ccccc3n(-c3ccc(-c4cc(-c5ccccc5)nc(-c5ccccc5)n4)cc3-c3cc(-c4ccccc4)nc(-c4ccccc4)n3)c2c1. The van der Waals surface area contributed by atoms with Crippen LogP contribution in [0.2, 0.25) is 0 Å². The van der Waals surface area contributed by atoms with Gasteiger partial charge in [-0.2, -0.15) is 26.3 Å². The first kappa shape index (κ1) is 76.3. The van der Waals surface area contributed by atoms with Crippen molar-refractivity contribution < 1.29 is 26.3 Å². The van der Waals surface area contributed by atoms with E-state index in [9.17, 15) is 26.3 Å². The Kier molecular flexibility index (Phi) is 19.2. The fourth-order valence-corrected chi connectivity index (χ4v) is 17.2. The summed E-state index contributed by atoms with van der Waals surface area (Å²) in [5.41, 5.74) is 20.5. The monoisotopic (exact) mass is 1630 g/mol. The molecule has 2 aliphatic rings. The fraction of sp³-hybridized carbons (Fsp3) is 0.0367. The molecular formula is C109H70F6N10. The van der Waals surface area contributed by atoms with E-state index in [2.05, 4.69) is 144 Å². The quantitative estimate of drug-likeness (QED) is 0.0942. The highest BCUT2D eigenvalue weighted by atomic mass is 19.4. The van der Waals surface area contributed by atoms with Crippen molar-refractivity contribution in [1.82, 2.24) is 39.0 Å². The molecule has 5 aromatic heterocycles. The first-order chi connectivity index (χ1) is 61.1. The maximum Gasteiger partial charge on any atom is 0.416 e. The average molecular weight is 1630 g/mol. The van der Waals surface area contributed by atoms with E-state index in [4.69, 9.17) is 34.9 Å². The van der Waals surface area contributed by atoms with Gasteiger partial charge in [0.05, 0.1) is 90.1 Å². The highest BCUT2D eigenvalue weighted by Gasteiger charge is 2.36. The van der Waals surface area contributed by atoms with Gasteiger partial charge in [-0.25, -0.2) is 34.9 Å². The van der Waals surface area contributed by atoms with E-state index < -0.39 is 23.5 Å². The molecule has 1 aliphatic carbocycles. The van der Waals surface area contributed by atoms with Crippen molar-refractivity contribution in [2.45, 2.75) is 25.7 Å². The number of alkyl halides is 6. The molecule has 10 nitrogen and oxygen atoms in total. The largest absolute Gasteiger partial charge is 0.416 e. The molecule has 0 fully saturated rings. The summed E-state index contributed by atoms with van der Waals surface area (Å²) in [4.78, 5) is 39.7. The van der Waals surface area contributed by atoms with Crippen LogP contribution in [0, 0.1) is 6.92 Å². The van der Waals surface area contributed by atoms with E-state index >= 15 is 0 Å². The fourth-order valence-electron chi connectivity index (χ4n) is 17.2. The number of amidine groups is 1. The Morgan fingerprint density at radius 3 is 1.18 bits per heavy atom. The van der Waals surface area contributed by atoms with Crippen LogP contribution < -0.4 is 4.90 Å². The molecule has 19 aromatic rings. The van der Waals surface area contributed by atoms with Gasteiger partial charge in [-0.05, 0) is 145 Å². The predicted octanol–water partition coefficient (Wildman–Crippen LogP) is 28.3. The summed E-state index contributed by atoms with van der Waals surface area (Å²) in [5.74, 6) is 2.16. The number of para-hydroxylation sites is 1. The number of hydrogen-bond donors (Lipinski definition) is 0. The Bertz CT molecular complexity index is 7390. The van der Waals surface area contributed by atoms with Crippen molar-refractivity contribution >= 4 is 60.8 Å². The molecule has 0 spiro atoms. The highest BCUT2D eigenvalue weighted by Crippen LogP contribution is 2.48. The molecule has 0 radical (unpaired) electrons. The van der Waals surface area contributed by atoms with E-state index in [-0.39, 0.29) is 21.8 Å². The molecule has 598 valence electrons. The molecule has 0 saturated carbocycles. The second kappa shape index (κ2) is 31.5. The van der Waals surface area contributed by atoms with Gasteiger partial charge in [-0.1, -0.05) is 285 Å². The summed E-state index contributed by atoms with van der Waals surface area (Å²) in [6, 6.07) is 116. The number of hydrogen-bond acceptors (Lipinski definition) is 8. The lowest BCUT2D eigenvalue weighted by atomic mass is 9.95. The molecule has 0 atom stereocenters. The summed E-state index contributed by atoms with van der Waals surface area (Å²) < 4.78 is 93.7. The van der Waals surface area contributed by atoms with Crippen molar-refractivity contribution in [3.8, 4) is 124 Å². The number of allylic oxidation sites excluding steroid dienone is 6. The number of aryl methyl sites for hydroxylation is 1. The third kappa shape index (κ3) is 14.5. The van der Waals surface area contributed by atoms with Crippen molar-refractivity contribution in [2.24, 2.45) is 4.99 Å². The summed E-state index contributed by atoms with van der Waals surface area (Å²) in [6.07, 6.45) is 1.12. The van der Waals surface area contributed by atoms with E-state index in [1.165, 1.54) is 12.1 Å². The van der Waals surface area contributed by atoms with Crippen molar-refractivity contribution in [3.63, 3.8) is 0 Å². The molecular weight excluding hydrogens is 1560 g/mol. The summed E-state index contributed by atoms with van der Waals surface area (Å²) in [6.45, 7) is 2.12. The standard InChI is InChI=1S/C109H70F6N10/c1-68-58-82(51-53-83(68)77-46-52-85-84-44-26-27-45-97(84)125(103(85)61-77)101-55-48-78(93-64-90(69-28-10-2-11-29-69)116-104(119-93)73-36-18-6-19-37-73)59-88(101)95-66-92(71-32-14-4-15-33-71)118-106(121-95)75-40-22-8-23-41-75)123-102(72-34-16-5-17-35-72)67-96(122-107(123)76-42-24-9-25-43-76)89-60-79(94-65-91(70-30-12-3-13-31-70)117-105(120-94)74-38-20-7-21-39-74)47-54-100(89)124-98-56-49-80(108(110,111)112)62-86(98)87-63-81(109(113,114)115)50-57-99(87)124/h2-34,36-67H,35H2,1H3. The molecule has 21 rings (SSSR count). The van der Waals surface area contributed by atoms with Gasteiger partial charge in [0.1, 0.15) is 5.84 Å². The second-order valence-corrected chi connectivity index (χ2v) is 31.0. The third-order valence-electron chi connectivity index (χ3n) is 23.2. The van der Waals surface area contributed by atoms with Crippen LogP contribution in [0.3, 0.4) is 0 Å². The van der Waals surface area contributed by atoms with Gasteiger partial charge in [0.25, 0.3) is 0 Å². The molecule has 0 N–H and O–H groups in total. The highest BCUT2D eigenvalue weighted by molar-refractivity contribution is 6.17. The van der Waals surface area contributed by atoms with Gasteiger partial charge in [0.15, 0.2) is 17.5 Å². The maximum absolute atomic E-state index is 14.9. The van der Waals surface area contributed by atoms with Gasteiger partial charge in [0, 0.05) is 88.4 Å². The van der Waals surface area contributed by atoms with Crippen LogP contribution in [0.4, 0.5) is 32.0 Å². The Morgan fingerprint density at radius 2 is 0.704 bits per heavy atom. The van der Waals surface area contributed by atoms with Gasteiger partial charge in [-0.15, -0.1) is 0 Å². The summed E-state index contributed by atoms with van der Waals surface area (Å²) in [5, 5.41) is 2.06. The average Bonchev–Trinajstić information content (AvgIpc) is 1.60. The van der Waals surface area contributed by atoms with Crippen molar-refractivity contribution in [1.29, 1.82) is 0 Å². The maximum atomic E-state index is 14.9. The van der Waals surface area contributed by atoms with Crippen LogP contribution in [-0.4, -0.2) is 44.9 Å². The lowest BCUT2D eigenvalue weighted by Gasteiger charge is -2.34. The molecule has 0 amide bonds. The lowest BCUT2D eigenvalue weighted by molar-refractivity contribution is -0.138. The number of rotatable bonds is 15. The van der Waals surface area contributed by atoms with Gasteiger partial charge in [0.2, 0.25) is 0 Å². The Labute approximate surface area is 715 Å². The minimum Gasteiger partial charge on any atom is -0.309 e. The van der Waals surface area contributed by atoms with Crippen LogP contribution in [0.1, 0.15) is 34.2 Å². The minimum atomic E-state index is -4.82. The number of halogens is 6. The zero-order valence-electron chi connectivity index (χ0n) is 67.0. The smallest absolute Gasteiger partial charge is 0.309 e. The van der Waals surface area contributed by atoms with Gasteiger partial charge in [-0.3, -0.25) is 4.90 Å². The Hall–Kier alpha value is -16.1. The molecule has 16 heteroatoms. The first-order valence-electron chi connectivity index (χ1n) is 41.0. The van der Waals surface area contributed by atoms with E-state index in [0.717, 1.165) is 153 Å². The van der Waals surface area contributed by atoms with Crippen LogP contribution in [0.5, 0.6) is 0 Å². The number of nitrogens with zero attached hydrogens (tertiary/aromatic N) is 10. The number of aliphatic imine (C=N–C) groups is 1. The first-order valence-corrected chi connectivity index (χ1v) is 41.0. The number of aromatic nitrogens is 8. The number of benzene rings is 14. The van der Waals surface area contributed by atoms with E-state index in [0.29, 0.717) is 69.3 Å². The van der Waals surface area contributed by atoms with Gasteiger partial charge >= 0.3 is 12.4 Å². The molecule has 1 aliphatic heterocycles. The lowest BCUT2D eigenvalue weighted by Crippen LogP contribution is -2.34. The van der Waals surface area contributed by atoms with Crippen LogP contribution in [-0.2, 0) is 12.4 Å². The molecule has 0 saturated heterocycles. The Balaban J connectivity index is 0.746. The summed E-state index contributed by atoms with van der Waals surface area (Å²) in [7, 11) is 0. The zero-order chi connectivity index (χ0) is 84.4. The number of fused-ring (bicyclic) bond motifs is 6. The number of anilines is 1. The van der Waals surface area contributed by atoms with Gasteiger partial charge < -0.3 is 9.13 Å². The minimum absolute atomic E-state index is 0.0169. The topological polar surface area (TPSA) is 103 Å². The van der Waals surface area contributed by atoms with Crippen LogP contribution in [0.15, 0.2) is 411 Å². The Morgan fingerprint density at radius 1 is 0.296 bits per heavy atom. The van der Waals surface area contributed by atoms with Crippen molar-refractivity contribution in [3.05, 3.63) is 433 Å². The molecule has 14 aromatic carbocycles. The normalized spacial score (nSPS) is 13.6.